The molecule has 0 bridgehead atoms. The van der Waals surface area contributed by atoms with Gasteiger partial charge in [0.15, 0.2) is 0 Å². The predicted octanol–water partition coefficient (Wildman–Crippen LogP) is 1.56. The summed E-state index contributed by atoms with van der Waals surface area (Å²) < 4.78 is 5.41. The number of nitrogens with zero attached hydrogens (tertiary/aromatic N) is 2. The van der Waals surface area contributed by atoms with Gasteiger partial charge in [-0.3, -0.25) is 0 Å². The highest BCUT2D eigenvalue weighted by Gasteiger charge is 2.20. The second-order valence-electron chi connectivity index (χ2n) is 3.70. The summed E-state index contributed by atoms with van der Waals surface area (Å²) in [5.74, 6) is 3.67. The SMILES string of the molecule is N#CC1=CC(=C=O)CC(OCCCC=C=O)=C1C#N. The predicted molar refractivity (Wildman–Crippen MR) is 65.6 cm³/mol. The largest absolute Gasteiger partial charge is 0.496 e. The summed E-state index contributed by atoms with van der Waals surface area (Å²) in [5, 5.41) is 17.9. The average Bonchev–Trinajstić information content (AvgIpc) is 2.45. The molecule has 0 saturated carbocycles. The minimum absolute atomic E-state index is 0.106. The van der Waals surface area contributed by atoms with Crippen LogP contribution in [-0.2, 0) is 14.3 Å². The van der Waals surface area contributed by atoms with Gasteiger partial charge in [0, 0.05) is 12.0 Å². The average molecular weight is 254 g/mol. The highest BCUT2D eigenvalue weighted by atomic mass is 16.5. The molecular formula is C14H10N2O3. The minimum atomic E-state index is 0.106. The summed E-state index contributed by atoms with van der Waals surface area (Å²) in [6, 6.07) is 3.76. The molecule has 0 aromatic heterocycles. The van der Waals surface area contributed by atoms with E-state index in [2.05, 4.69) is 0 Å². The zero-order valence-corrected chi connectivity index (χ0v) is 10.1. The molecule has 19 heavy (non-hydrogen) atoms. The van der Waals surface area contributed by atoms with Crippen LogP contribution in [0.25, 0.3) is 0 Å². The molecular weight excluding hydrogens is 244 g/mol. The zero-order chi connectivity index (χ0) is 14.1. The van der Waals surface area contributed by atoms with Crippen LogP contribution < -0.4 is 0 Å². The highest BCUT2D eigenvalue weighted by molar-refractivity contribution is 5.67. The van der Waals surface area contributed by atoms with E-state index in [0.717, 1.165) is 0 Å². The topological polar surface area (TPSA) is 90.9 Å². The van der Waals surface area contributed by atoms with Gasteiger partial charge in [0.25, 0.3) is 0 Å². The fourth-order valence-electron chi connectivity index (χ4n) is 1.55. The number of unbranched alkanes of at least 4 members (excludes halogenated alkanes) is 1. The second-order valence-corrected chi connectivity index (χ2v) is 3.70. The molecule has 0 amide bonds. The number of nitriles is 2. The van der Waals surface area contributed by atoms with Gasteiger partial charge >= 0.3 is 0 Å². The Kier molecular flexibility index (Phi) is 5.60. The summed E-state index contributed by atoms with van der Waals surface area (Å²) >= 11 is 0. The van der Waals surface area contributed by atoms with Gasteiger partial charge in [-0.2, -0.15) is 10.5 Å². The smallest absolute Gasteiger partial charge is 0.128 e. The van der Waals surface area contributed by atoms with Gasteiger partial charge in [-0.05, 0) is 25.0 Å². The molecule has 0 saturated heterocycles. The molecule has 0 spiro atoms. The van der Waals surface area contributed by atoms with E-state index in [0.29, 0.717) is 25.2 Å². The number of allylic oxidation sites excluding steroid dienone is 5. The Labute approximate surface area is 110 Å². The first-order valence-electron chi connectivity index (χ1n) is 5.58. The van der Waals surface area contributed by atoms with Crippen molar-refractivity contribution in [2.75, 3.05) is 6.61 Å². The van der Waals surface area contributed by atoms with Crippen LogP contribution in [0.15, 0.2) is 34.6 Å². The van der Waals surface area contributed by atoms with Crippen LogP contribution in [0.3, 0.4) is 0 Å². The second kappa shape index (κ2) is 7.48. The van der Waals surface area contributed by atoms with Crippen molar-refractivity contribution in [3.05, 3.63) is 34.6 Å². The van der Waals surface area contributed by atoms with Crippen molar-refractivity contribution < 1.29 is 14.3 Å². The van der Waals surface area contributed by atoms with E-state index in [-0.39, 0.29) is 23.1 Å². The number of rotatable bonds is 5. The van der Waals surface area contributed by atoms with Crippen molar-refractivity contribution in [1.82, 2.24) is 0 Å². The maximum atomic E-state index is 10.7. The van der Waals surface area contributed by atoms with Gasteiger partial charge in [0.1, 0.15) is 35.4 Å². The van der Waals surface area contributed by atoms with E-state index in [4.69, 9.17) is 15.3 Å². The van der Waals surface area contributed by atoms with Crippen LogP contribution in [0, 0.1) is 22.7 Å². The van der Waals surface area contributed by atoms with Crippen LogP contribution in [-0.4, -0.2) is 18.5 Å². The standard InChI is InChI=1S/C14H10N2O3/c15-8-12-6-11(10-18)7-14(13(12)9-16)19-5-3-1-2-4-17/h2,6H,1,3,5,7H2. The maximum absolute atomic E-state index is 10.7. The van der Waals surface area contributed by atoms with Crippen LogP contribution in [0.5, 0.6) is 0 Å². The van der Waals surface area contributed by atoms with Crippen molar-refractivity contribution in [2.45, 2.75) is 19.3 Å². The van der Waals surface area contributed by atoms with Gasteiger partial charge in [-0.15, -0.1) is 0 Å². The molecule has 0 atom stereocenters. The van der Waals surface area contributed by atoms with Crippen molar-refractivity contribution in [1.29, 1.82) is 10.5 Å². The summed E-state index contributed by atoms with van der Waals surface area (Å²) in [6.07, 6.45) is 3.95. The summed E-state index contributed by atoms with van der Waals surface area (Å²) in [6.45, 7) is 0.295. The monoisotopic (exact) mass is 254 g/mol. The van der Waals surface area contributed by atoms with E-state index >= 15 is 0 Å². The third-order valence-electron chi connectivity index (χ3n) is 2.43. The van der Waals surface area contributed by atoms with E-state index in [9.17, 15) is 9.59 Å². The van der Waals surface area contributed by atoms with Gasteiger partial charge in [-0.25, -0.2) is 9.59 Å². The first-order chi connectivity index (χ1) is 9.26. The highest BCUT2D eigenvalue weighted by Crippen LogP contribution is 2.27. The van der Waals surface area contributed by atoms with Crippen LogP contribution in [0.4, 0.5) is 0 Å². The summed E-state index contributed by atoms with van der Waals surface area (Å²) in [4.78, 5) is 20.6. The van der Waals surface area contributed by atoms with Crippen molar-refractivity contribution >= 4 is 11.9 Å². The first kappa shape index (κ1) is 14.2. The molecule has 94 valence electrons. The lowest BCUT2D eigenvalue weighted by molar-refractivity contribution is 0.201. The molecule has 5 nitrogen and oxygen atoms in total. The first-order valence-corrected chi connectivity index (χ1v) is 5.58. The third-order valence-corrected chi connectivity index (χ3v) is 2.43. The molecule has 0 N–H and O–H groups in total. The molecule has 0 unspecified atom stereocenters. The Hall–Kier alpha value is -2.84. The zero-order valence-electron chi connectivity index (χ0n) is 10.1. The fraction of sp³-hybridized carbons (Fsp3) is 0.286. The third kappa shape index (κ3) is 3.84. The van der Waals surface area contributed by atoms with Crippen molar-refractivity contribution in [3.8, 4) is 12.1 Å². The Morgan fingerprint density at radius 1 is 1.32 bits per heavy atom. The number of hydrogen-bond donors (Lipinski definition) is 0. The Morgan fingerprint density at radius 3 is 2.68 bits per heavy atom. The minimum Gasteiger partial charge on any atom is -0.496 e. The summed E-state index contributed by atoms with van der Waals surface area (Å²) in [7, 11) is 0. The van der Waals surface area contributed by atoms with E-state index in [1.54, 1.807) is 11.9 Å². The molecule has 0 radical (unpaired) electrons. The van der Waals surface area contributed by atoms with E-state index in [1.807, 2.05) is 12.1 Å². The van der Waals surface area contributed by atoms with Crippen LogP contribution in [0.2, 0.25) is 0 Å². The van der Waals surface area contributed by atoms with Crippen molar-refractivity contribution in [3.63, 3.8) is 0 Å². The Balaban J connectivity index is 2.83. The normalized spacial score (nSPS) is 13.6. The van der Waals surface area contributed by atoms with Crippen molar-refractivity contribution in [2.24, 2.45) is 0 Å². The lowest BCUT2D eigenvalue weighted by Crippen LogP contribution is -2.06. The van der Waals surface area contributed by atoms with Gasteiger partial charge in [-0.1, -0.05) is 0 Å². The quantitative estimate of drug-likeness (QED) is 0.548. The molecule has 0 fully saturated rings. The molecule has 1 aliphatic carbocycles. The van der Waals surface area contributed by atoms with Gasteiger partial charge < -0.3 is 4.74 Å². The summed E-state index contributed by atoms with van der Waals surface area (Å²) in [5.41, 5.74) is 0.528. The molecule has 0 heterocycles. The molecule has 5 heteroatoms. The van der Waals surface area contributed by atoms with Gasteiger partial charge in [0.05, 0.1) is 12.2 Å². The molecule has 1 rings (SSSR count). The Bertz CT molecular complexity index is 602. The molecule has 0 aliphatic heterocycles. The number of ether oxygens (including phenoxy) is 1. The van der Waals surface area contributed by atoms with E-state index in [1.165, 1.54) is 12.2 Å². The molecule has 1 aliphatic rings. The fourth-order valence-corrected chi connectivity index (χ4v) is 1.55. The lowest BCUT2D eigenvalue weighted by Gasteiger charge is -2.15. The number of hydrogen-bond acceptors (Lipinski definition) is 5. The number of carbonyl (C=O) groups excluding carboxylic acids is 2. The van der Waals surface area contributed by atoms with Gasteiger partial charge in [0.2, 0.25) is 0 Å². The van der Waals surface area contributed by atoms with Crippen LogP contribution >= 0.6 is 0 Å². The molecule has 0 aromatic rings. The molecule has 0 aromatic carbocycles. The van der Waals surface area contributed by atoms with Crippen LogP contribution in [0.1, 0.15) is 19.3 Å². The maximum Gasteiger partial charge on any atom is 0.128 e. The Morgan fingerprint density at radius 2 is 2.11 bits per heavy atom. The van der Waals surface area contributed by atoms with E-state index < -0.39 is 0 Å². The lowest BCUT2D eigenvalue weighted by atomic mass is 9.95.